The molecule has 0 aromatic heterocycles. The average molecular weight is 326 g/mol. The Morgan fingerprint density at radius 1 is 1.26 bits per heavy atom. The normalized spacial score (nSPS) is 16.1. The minimum absolute atomic E-state index is 0.0811. The second kappa shape index (κ2) is 6.06. The topological polar surface area (TPSA) is 50.7 Å². The Morgan fingerprint density at radius 3 is 2.48 bits per heavy atom. The number of cyclic esters (lactones) is 1. The van der Waals surface area contributed by atoms with Gasteiger partial charge in [-0.3, -0.25) is 0 Å². The number of hydrazone groups is 1. The first-order chi connectivity index (χ1) is 10.6. The zero-order valence-corrected chi connectivity index (χ0v) is 13.0. The van der Waals surface area contributed by atoms with Crippen molar-refractivity contribution >= 4 is 17.9 Å². The van der Waals surface area contributed by atoms with E-state index < -0.39 is 17.8 Å². The number of carbonyl (C=O) groups is 1. The Bertz CT molecular complexity index is 671. The molecular weight excluding hydrogens is 309 g/mol. The Hall–Kier alpha value is -2.31. The number of nitrogens with zero attached hydrogens (tertiary/aromatic N) is 1. The number of alkyl halides is 3. The largest absolute Gasteiger partial charge is 0.442 e. The fourth-order valence-electron chi connectivity index (χ4n) is 1.93. The summed E-state index contributed by atoms with van der Waals surface area (Å²) in [5.74, 6) is 0. The molecule has 1 aliphatic rings. The maximum atomic E-state index is 13.3. The number of carbonyl (C=O) groups excluding carboxylic acids is 1. The van der Waals surface area contributed by atoms with Crippen molar-refractivity contribution in [2.75, 3.05) is 6.61 Å². The molecule has 0 radical (unpaired) electrons. The molecule has 1 N–H and O–H groups in total. The summed E-state index contributed by atoms with van der Waals surface area (Å²) in [6, 6.07) is 3.93. The average Bonchev–Trinajstić information content (AvgIpc) is 2.44. The van der Waals surface area contributed by atoms with Crippen LogP contribution in [-0.2, 0) is 10.9 Å². The van der Waals surface area contributed by atoms with Crippen molar-refractivity contribution in [1.29, 1.82) is 0 Å². The minimum Gasteiger partial charge on any atom is -0.442 e. The Kier molecular flexibility index (Phi) is 4.49. The molecule has 124 valence electrons. The smallest absolute Gasteiger partial charge is 0.428 e. The van der Waals surface area contributed by atoms with E-state index in [-0.39, 0.29) is 28.9 Å². The molecule has 1 aromatic carbocycles. The molecular formula is C16H17F3N2O2. The number of benzene rings is 1. The second-order valence-corrected chi connectivity index (χ2v) is 6.25. The van der Waals surface area contributed by atoms with Crippen molar-refractivity contribution < 1.29 is 22.7 Å². The van der Waals surface area contributed by atoms with Crippen molar-refractivity contribution in [1.82, 2.24) is 5.43 Å². The van der Waals surface area contributed by atoms with Gasteiger partial charge in [-0.25, -0.2) is 10.2 Å². The molecule has 0 bridgehead atoms. The molecule has 0 saturated heterocycles. The van der Waals surface area contributed by atoms with Crippen LogP contribution in [0.5, 0.6) is 0 Å². The quantitative estimate of drug-likeness (QED) is 0.885. The van der Waals surface area contributed by atoms with E-state index in [2.05, 4.69) is 10.5 Å². The molecule has 0 atom stereocenters. The molecule has 23 heavy (non-hydrogen) atoms. The number of hydrogen-bond acceptors (Lipinski definition) is 3. The van der Waals surface area contributed by atoms with E-state index in [4.69, 9.17) is 4.74 Å². The Labute approximate surface area is 132 Å². The standard InChI is InChI=1S/C16H17F3N2O2/c1-15(2,3)7-6-10-4-5-11(8-12(10)16(17,18)19)13-9-23-14(22)21-20-13/h4-8H,9H2,1-3H3,(H,21,22)/b7-6+. The van der Waals surface area contributed by atoms with Crippen LogP contribution in [0, 0.1) is 5.41 Å². The van der Waals surface area contributed by atoms with Crippen LogP contribution in [0.4, 0.5) is 18.0 Å². The Morgan fingerprint density at radius 2 is 1.96 bits per heavy atom. The van der Waals surface area contributed by atoms with Gasteiger partial charge >= 0.3 is 12.3 Å². The number of hydrogen-bond donors (Lipinski definition) is 1. The number of allylic oxidation sites excluding steroid dienone is 1. The SMILES string of the molecule is CC(C)(C)/C=C/c1ccc(C2=NNC(=O)OC2)cc1C(F)(F)F. The van der Waals surface area contributed by atoms with Crippen molar-refractivity contribution in [2.24, 2.45) is 10.5 Å². The number of nitrogens with one attached hydrogen (secondary N) is 1. The molecule has 0 aliphatic carbocycles. The molecule has 0 spiro atoms. The fourth-order valence-corrected chi connectivity index (χ4v) is 1.93. The number of ether oxygens (including phenoxy) is 1. The van der Waals surface area contributed by atoms with Crippen LogP contribution >= 0.6 is 0 Å². The third-order valence-electron chi connectivity index (χ3n) is 3.08. The maximum absolute atomic E-state index is 13.3. The van der Waals surface area contributed by atoms with Crippen LogP contribution in [0.2, 0.25) is 0 Å². The van der Waals surface area contributed by atoms with Gasteiger partial charge in [-0.05, 0) is 17.0 Å². The van der Waals surface area contributed by atoms with Crippen LogP contribution in [0.25, 0.3) is 6.08 Å². The van der Waals surface area contributed by atoms with E-state index >= 15 is 0 Å². The third-order valence-corrected chi connectivity index (χ3v) is 3.08. The molecule has 1 amide bonds. The fraction of sp³-hybridized carbons (Fsp3) is 0.375. The van der Waals surface area contributed by atoms with Gasteiger partial charge < -0.3 is 4.74 Å². The highest BCUT2D eigenvalue weighted by molar-refractivity contribution is 6.04. The van der Waals surface area contributed by atoms with E-state index in [0.29, 0.717) is 0 Å². The van der Waals surface area contributed by atoms with Gasteiger partial charge in [0.25, 0.3) is 0 Å². The van der Waals surface area contributed by atoms with Crippen LogP contribution in [-0.4, -0.2) is 18.4 Å². The Balaban J connectivity index is 2.43. The molecule has 0 unspecified atom stereocenters. The maximum Gasteiger partial charge on any atom is 0.428 e. The monoisotopic (exact) mass is 326 g/mol. The highest BCUT2D eigenvalue weighted by Gasteiger charge is 2.33. The molecule has 2 rings (SSSR count). The van der Waals surface area contributed by atoms with Crippen LogP contribution < -0.4 is 5.43 Å². The highest BCUT2D eigenvalue weighted by atomic mass is 19.4. The summed E-state index contributed by atoms with van der Waals surface area (Å²) in [5.41, 5.74) is 1.67. The second-order valence-electron chi connectivity index (χ2n) is 6.25. The molecule has 0 saturated carbocycles. The predicted molar refractivity (Wildman–Crippen MR) is 81.0 cm³/mol. The molecule has 4 nitrogen and oxygen atoms in total. The molecule has 7 heteroatoms. The number of rotatable bonds is 2. The third kappa shape index (κ3) is 4.58. The van der Waals surface area contributed by atoms with Crippen LogP contribution in [0.15, 0.2) is 29.4 Å². The summed E-state index contributed by atoms with van der Waals surface area (Å²) in [4.78, 5) is 10.9. The van der Waals surface area contributed by atoms with Gasteiger partial charge in [-0.1, -0.05) is 45.1 Å². The first-order valence-electron chi connectivity index (χ1n) is 6.96. The van der Waals surface area contributed by atoms with E-state index in [9.17, 15) is 18.0 Å². The summed E-state index contributed by atoms with van der Waals surface area (Å²) in [7, 11) is 0. The van der Waals surface area contributed by atoms with E-state index in [1.54, 1.807) is 6.08 Å². The van der Waals surface area contributed by atoms with Gasteiger partial charge in [-0.2, -0.15) is 18.3 Å². The van der Waals surface area contributed by atoms with Crippen molar-refractivity contribution in [2.45, 2.75) is 26.9 Å². The highest BCUT2D eigenvalue weighted by Crippen LogP contribution is 2.34. The van der Waals surface area contributed by atoms with Gasteiger partial charge in [0.1, 0.15) is 12.3 Å². The predicted octanol–water partition coefficient (Wildman–Crippen LogP) is 4.21. The summed E-state index contributed by atoms with van der Waals surface area (Å²) >= 11 is 0. The van der Waals surface area contributed by atoms with Crippen molar-refractivity contribution in [3.63, 3.8) is 0 Å². The van der Waals surface area contributed by atoms with Crippen LogP contribution in [0.3, 0.4) is 0 Å². The van der Waals surface area contributed by atoms with E-state index in [1.165, 1.54) is 18.2 Å². The van der Waals surface area contributed by atoms with Gasteiger partial charge in [0, 0.05) is 5.56 Å². The summed E-state index contributed by atoms with van der Waals surface area (Å²) in [6.07, 6.45) is -2.03. The number of amides is 1. The summed E-state index contributed by atoms with van der Waals surface area (Å²) in [5, 5.41) is 3.73. The molecule has 1 aromatic rings. The van der Waals surface area contributed by atoms with Crippen molar-refractivity contribution in [3.8, 4) is 0 Å². The lowest BCUT2D eigenvalue weighted by atomic mass is 9.93. The lowest BCUT2D eigenvalue weighted by Gasteiger charge is -2.17. The van der Waals surface area contributed by atoms with Gasteiger partial charge in [0.15, 0.2) is 0 Å². The summed E-state index contributed by atoms with van der Waals surface area (Å²) < 4.78 is 44.6. The van der Waals surface area contributed by atoms with Crippen LogP contribution in [0.1, 0.15) is 37.5 Å². The molecule has 1 aliphatic heterocycles. The molecule has 0 fully saturated rings. The first-order valence-corrected chi connectivity index (χ1v) is 6.96. The first kappa shape index (κ1) is 17.1. The lowest BCUT2D eigenvalue weighted by molar-refractivity contribution is -0.137. The molecule has 1 heterocycles. The minimum atomic E-state index is -4.49. The van der Waals surface area contributed by atoms with Crippen molar-refractivity contribution in [3.05, 3.63) is 41.0 Å². The van der Waals surface area contributed by atoms with Gasteiger partial charge in [0.05, 0.1) is 5.56 Å². The summed E-state index contributed by atoms with van der Waals surface area (Å²) in [6.45, 7) is 5.55. The zero-order valence-electron chi connectivity index (χ0n) is 13.0. The van der Waals surface area contributed by atoms with Gasteiger partial charge in [-0.15, -0.1) is 0 Å². The lowest BCUT2D eigenvalue weighted by Crippen LogP contribution is -2.30. The van der Waals surface area contributed by atoms with Gasteiger partial charge in [0.2, 0.25) is 0 Å². The van der Waals surface area contributed by atoms with E-state index in [0.717, 1.165) is 6.07 Å². The number of halogens is 3. The van der Waals surface area contributed by atoms with E-state index in [1.807, 2.05) is 20.8 Å². The zero-order chi connectivity index (χ0) is 17.3.